The van der Waals surface area contributed by atoms with Crippen LogP contribution >= 0.6 is 0 Å². The Morgan fingerprint density at radius 2 is 1.12 bits per heavy atom. The summed E-state index contributed by atoms with van der Waals surface area (Å²) in [5.41, 5.74) is 2.16. The van der Waals surface area contributed by atoms with E-state index in [1.54, 1.807) is 19.1 Å². The Kier molecular flexibility index (Phi) is 13.6. The van der Waals surface area contributed by atoms with Crippen molar-refractivity contribution in [3.05, 3.63) is 83.9 Å². The van der Waals surface area contributed by atoms with E-state index in [0.29, 0.717) is 18.6 Å². The van der Waals surface area contributed by atoms with Crippen LogP contribution < -0.4 is 9.47 Å². The smallest absolute Gasteiger partial charge is 0.425 e. The minimum atomic E-state index is -4.64. The van der Waals surface area contributed by atoms with E-state index >= 15 is 0 Å². The topological polar surface area (TPSA) is 61.8 Å². The lowest BCUT2D eigenvalue weighted by Gasteiger charge is -2.20. The Hall–Kier alpha value is -3.81. The molecule has 1 atom stereocenters. The molecule has 0 saturated carbocycles. The summed E-state index contributed by atoms with van der Waals surface area (Å²) in [4.78, 5) is 24.9. The lowest BCUT2D eigenvalue weighted by atomic mass is 10.0. The molecule has 0 aliphatic heterocycles. The Labute approximate surface area is 252 Å². The first kappa shape index (κ1) is 33.7. The highest BCUT2D eigenvalue weighted by molar-refractivity contribution is 5.92. The maximum Gasteiger partial charge on any atom is 0.425 e. The van der Waals surface area contributed by atoms with Gasteiger partial charge in [-0.15, -0.1) is 0 Å². The average Bonchev–Trinajstić information content (AvgIpc) is 3.00. The molecule has 3 rings (SSSR count). The van der Waals surface area contributed by atoms with Gasteiger partial charge in [0.25, 0.3) is 0 Å². The van der Waals surface area contributed by atoms with Crippen LogP contribution in [0, 0.1) is 0 Å². The fourth-order valence-electron chi connectivity index (χ4n) is 4.49. The molecule has 0 aromatic heterocycles. The maximum absolute atomic E-state index is 13.2. The van der Waals surface area contributed by atoms with Crippen LogP contribution in [0.2, 0.25) is 0 Å². The van der Waals surface area contributed by atoms with Crippen molar-refractivity contribution in [3.8, 4) is 22.6 Å². The fraction of sp³-hybridized carbons (Fsp3) is 0.429. The molecular weight excluding hydrogens is 557 g/mol. The molecule has 232 valence electrons. The van der Waals surface area contributed by atoms with Crippen molar-refractivity contribution in [2.24, 2.45) is 0 Å². The average molecular weight is 599 g/mol. The summed E-state index contributed by atoms with van der Waals surface area (Å²) in [6, 6.07) is 20.0. The van der Waals surface area contributed by atoms with Gasteiger partial charge in [0, 0.05) is 0 Å². The number of esters is 2. The SMILES string of the molecule is CCCCCCCCCOc1ccc(-c2ccc(C(=O)Oc3ccc(C(=O)OC(CCCC)C(F)(F)F)cc3)cc2)cc1. The molecular formula is C35H41F3O5. The number of rotatable bonds is 17. The van der Waals surface area contributed by atoms with E-state index < -0.39 is 24.2 Å². The zero-order valence-corrected chi connectivity index (χ0v) is 25.0. The molecule has 8 heteroatoms. The Morgan fingerprint density at radius 3 is 1.70 bits per heavy atom. The molecule has 0 amide bonds. The predicted octanol–water partition coefficient (Wildman–Crippen LogP) is 9.98. The number of carbonyl (C=O) groups excluding carboxylic acids is 2. The predicted molar refractivity (Wildman–Crippen MR) is 162 cm³/mol. The van der Waals surface area contributed by atoms with Crippen LogP contribution in [0.4, 0.5) is 13.2 Å². The van der Waals surface area contributed by atoms with Crippen LogP contribution in [-0.2, 0) is 4.74 Å². The molecule has 0 aliphatic rings. The van der Waals surface area contributed by atoms with Crippen LogP contribution in [0.15, 0.2) is 72.8 Å². The summed E-state index contributed by atoms with van der Waals surface area (Å²) >= 11 is 0. The molecule has 0 saturated heterocycles. The van der Waals surface area contributed by atoms with Crippen molar-refractivity contribution in [2.75, 3.05) is 6.61 Å². The van der Waals surface area contributed by atoms with Gasteiger partial charge < -0.3 is 14.2 Å². The molecule has 1 unspecified atom stereocenters. The second-order valence-electron chi connectivity index (χ2n) is 10.6. The molecule has 43 heavy (non-hydrogen) atoms. The van der Waals surface area contributed by atoms with Crippen LogP contribution in [0.5, 0.6) is 11.5 Å². The van der Waals surface area contributed by atoms with Gasteiger partial charge in [-0.2, -0.15) is 13.2 Å². The molecule has 0 radical (unpaired) electrons. The Balaban J connectivity index is 1.48. The van der Waals surface area contributed by atoms with Crippen molar-refractivity contribution in [1.29, 1.82) is 0 Å². The first-order valence-electron chi connectivity index (χ1n) is 15.1. The third-order valence-corrected chi connectivity index (χ3v) is 7.06. The third kappa shape index (κ3) is 11.4. The van der Waals surface area contributed by atoms with Gasteiger partial charge in [-0.1, -0.05) is 83.1 Å². The van der Waals surface area contributed by atoms with Crippen molar-refractivity contribution in [3.63, 3.8) is 0 Å². The number of benzene rings is 3. The number of hydrogen-bond donors (Lipinski definition) is 0. The number of hydrogen-bond acceptors (Lipinski definition) is 5. The highest BCUT2D eigenvalue weighted by atomic mass is 19.4. The van der Waals surface area contributed by atoms with Gasteiger partial charge >= 0.3 is 18.1 Å². The number of ether oxygens (including phenoxy) is 3. The van der Waals surface area contributed by atoms with Gasteiger partial charge in [-0.05, 0) is 78.9 Å². The van der Waals surface area contributed by atoms with E-state index in [1.807, 2.05) is 36.4 Å². The molecule has 0 spiro atoms. The Morgan fingerprint density at radius 1 is 0.628 bits per heavy atom. The monoisotopic (exact) mass is 598 g/mol. The van der Waals surface area contributed by atoms with E-state index in [2.05, 4.69) is 6.92 Å². The van der Waals surface area contributed by atoms with Gasteiger partial charge in [0.2, 0.25) is 0 Å². The first-order valence-corrected chi connectivity index (χ1v) is 15.1. The van der Waals surface area contributed by atoms with Gasteiger partial charge in [0.05, 0.1) is 17.7 Å². The standard InChI is InChI=1S/C35H41F3O5/c1-3-5-7-8-9-10-11-25-41-30-21-17-27(18-22-30)26-13-15-28(16-14-26)33(39)42-31-23-19-29(20-24-31)34(40)43-32(12-6-4-2)35(36,37)38/h13-24,32H,3-12,25H2,1-2H3. The maximum atomic E-state index is 13.2. The van der Waals surface area contributed by atoms with E-state index in [0.717, 1.165) is 23.3 Å². The molecule has 0 aliphatic carbocycles. The first-order chi connectivity index (χ1) is 20.7. The zero-order valence-electron chi connectivity index (χ0n) is 25.0. The number of halogens is 3. The minimum Gasteiger partial charge on any atom is -0.494 e. The summed E-state index contributed by atoms with van der Waals surface area (Å²) < 4.78 is 55.5. The Bertz CT molecular complexity index is 1250. The zero-order chi connectivity index (χ0) is 31.1. The summed E-state index contributed by atoms with van der Waals surface area (Å²) in [6.45, 7) is 4.68. The van der Waals surface area contributed by atoms with E-state index in [-0.39, 0.29) is 24.2 Å². The summed E-state index contributed by atoms with van der Waals surface area (Å²) in [6.07, 6.45) is 2.40. The molecule has 5 nitrogen and oxygen atoms in total. The highest BCUT2D eigenvalue weighted by Gasteiger charge is 2.42. The molecule has 0 bridgehead atoms. The normalized spacial score (nSPS) is 12.0. The molecule has 0 heterocycles. The van der Waals surface area contributed by atoms with Crippen LogP contribution in [-0.4, -0.2) is 30.8 Å². The van der Waals surface area contributed by atoms with E-state index in [1.165, 1.54) is 62.8 Å². The van der Waals surface area contributed by atoms with Gasteiger partial charge in [0.1, 0.15) is 11.5 Å². The second kappa shape index (κ2) is 17.3. The quantitative estimate of drug-likeness (QED) is 0.0879. The highest BCUT2D eigenvalue weighted by Crippen LogP contribution is 2.28. The van der Waals surface area contributed by atoms with Crippen LogP contribution in [0.25, 0.3) is 11.1 Å². The summed E-state index contributed by atoms with van der Waals surface area (Å²) in [7, 11) is 0. The lowest BCUT2D eigenvalue weighted by molar-refractivity contribution is -0.206. The van der Waals surface area contributed by atoms with E-state index in [9.17, 15) is 22.8 Å². The van der Waals surface area contributed by atoms with Crippen molar-refractivity contribution >= 4 is 11.9 Å². The lowest BCUT2D eigenvalue weighted by Crippen LogP contribution is -2.33. The van der Waals surface area contributed by atoms with Crippen molar-refractivity contribution < 1.29 is 37.0 Å². The number of unbranched alkanes of at least 4 members (excludes halogenated alkanes) is 7. The minimum absolute atomic E-state index is 0.0656. The summed E-state index contributed by atoms with van der Waals surface area (Å²) in [5.74, 6) is -0.714. The van der Waals surface area contributed by atoms with Gasteiger partial charge in [-0.25, -0.2) is 9.59 Å². The number of alkyl halides is 3. The van der Waals surface area contributed by atoms with Gasteiger partial charge in [0.15, 0.2) is 6.10 Å². The molecule has 3 aromatic rings. The molecule has 0 N–H and O–H groups in total. The fourth-order valence-corrected chi connectivity index (χ4v) is 4.49. The van der Waals surface area contributed by atoms with Crippen molar-refractivity contribution in [2.45, 2.75) is 90.3 Å². The third-order valence-electron chi connectivity index (χ3n) is 7.06. The van der Waals surface area contributed by atoms with Gasteiger partial charge in [-0.3, -0.25) is 0 Å². The molecule has 3 aromatic carbocycles. The number of carbonyl (C=O) groups is 2. The van der Waals surface area contributed by atoms with Crippen molar-refractivity contribution in [1.82, 2.24) is 0 Å². The largest absolute Gasteiger partial charge is 0.494 e. The molecule has 0 fully saturated rings. The summed E-state index contributed by atoms with van der Waals surface area (Å²) in [5, 5.41) is 0. The van der Waals surface area contributed by atoms with Crippen LogP contribution in [0.1, 0.15) is 98.8 Å². The van der Waals surface area contributed by atoms with Crippen LogP contribution in [0.3, 0.4) is 0 Å². The van der Waals surface area contributed by atoms with E-state index in [4.69, 9.17) is 14.2 Å². The second-order valence-corrected chi connectivity index (χ2v) is 10.6.